The number of halogens is 10. The lowest BCUT2D eigenvalue weighted by Crippen LogP contribution is -2.68. The first-order chi connectivity index (χ1) is 8.06. The maximum Gasteiger partial charge on any atom is 0.390 e. The zero-order chi connectivity index (χ0) is 15.9. The highest BCUT2D eigenvalue weighted by Gasteiger charge is 2.82. The monoisotopic (exact) mass is 340 g/mol. The fourth-order valence-electron chi connectivity index (χ4n) is 1.07. The third-order valence-corrected chi connectivity index (χ3v) is 2.73. The summed E-state index contributed by atoms with van der Waals surface area (Å²) in [4.78, 5) is 0. The molecule has 1 atom stereocenters. The van der Waals surface area contributed by atoms with Crippen molar-refractivity contribution in [2.75, 3.05) is 0 Å². The van der Waals surface area contributed by atoms with Gasteiger partial charge in [-0.2, -0.15) is 35.1 Å². The van der Waals surface area contributed by atoms with E-state index in [1.54, 1.807) is 0 Å². The summed E-state index contributed by atoms with van der Waals surface area (Å²) < 4.78 is 102. The van der Waals surface area contributed by atoms with Crippen LogP contribution < -0.4 is 0 Å². The zero-order valence-corrected chi connectivity index (χ0v) is 10.2. The van der Waals surface area contributed by atoms with Gasteiger partial charge in [0.15, 0.2) is 0 Å². The summed E-state index contributed by atoms with van der Waals surface area (Å²) in [6.07, 6.45) is -1.70. The summed E-state index contributed by atoms with van der Waals surface area (Å²) >= 11 is 7.90. The minimum Gasteiger partial charge on any atom is -0.377 e. The average Bonchev–Trinajstić information content (AvgIpc) is 2.13. The standard InChI is InChI=1S/C8H6Cl2F8O/c1-2-3-4(19,7(9,15)16)5(11,12)6(13,14)8(10,17)18/h2,19H,1,3H2. The molecule has 114 valence electrons. The van der Waals surface area contributed by atoms with Gasteiger partial charge in [-0.15, -0.1) is 6.58 Å². The van der Waals surface area contributed by atoms with Gasteiger partial charge < -0.3 is 5.11 Å². The van der Waals surface area contributed by atoms with E-state index >= 15 is 0 Å². The minimum atomic E-state index is -6.49. The molecule has 0 bridgehead atoms. The molecule has 0 aromatic carbocycles. The Morgan fingerprint density at radius 2 is 1.21 bits per heavy atom. The summed E-state index contributed by atoms with van der Waals surface area (Å²) in [5.74, 6) is -12.8. The van der Waals surface area contributed by atoms with Gasteiger partial charge in [-0.3, -0.25) is 0 Å². The van der Waals surface area contributed by atoms with Crippen molar-refractivity contribution in [3.63, 3.8) is 0 Å². The number of rotatable bonds is 6. The van der Waals surface area contributed by atoms with E-state index in [9.17, 15) is 35.1 Å². The zero-order valence-electron chi connectivity index (χ0n) is 8.72. The maximum atomic E-state index is 13.3. The Bertz CT molecular complexity index is 348. The van der Waals surface area contributed by atoms with Crippen molar-refractivity contribution >= 4 is 23.2 Å². The van der Waals surface area contributed by atoms with Crippen molar-refractivity contribution in [2.45, 2.75) is 34.6 Å². The van der Waals surface area contributed by atoms with Crippen molar-refractivity contribution in [2.24, 2.45) is 0 Å². The van der Waals surface area contributed by atoms with Gasteiger partial charge in [0.2, 0.25) is 5.60 Å². The van der Waals surface area contributed by atoms with E-state index in [1.165, 1.54) is 0 Å². The van der Waals surface area contributed by atoms with Gasteiger partial charge in [0.25, 0.3) is 0 Å². The van der Waals surface area contributed by atoms with Crippen molar-refractivity contribution in [3.8, 4) is 0 Å². The van der Waals surface area contributed by atoms with Gasteiger partial charge in [0.1, 0.15) is 0 Å². The van der Waals surface area contributed by atoms with Crippen LogP contribution in [0, 0.1) is 0 Å². The quantitative estimate of drug-likeness (QED) is 0.436. The highest BCUT2D eigenvalue weighted by atomic mass is 35.5. The van der Waals surface area contributed by atoms with Gasteiger partial charge in [-0.25, -0.2) is 0 Å². The second-order valence-electron chi connectivity index (χ2n) is 3.50. The lowest BCUT2D eigenvalue weighted by Gasteiger charge is -2.41. The number of alkyl halides is 10. The molecule has 0 aromatic heterocycles. The van der Waals surface area contributed by atoms with Crippen molar-refractivity contribution < 1.29 is 40.2 Å². The van der Waals surface area contributed by atoms with Gasteiger partial charge in [-0.05, 0) is 23.2 Å². The molecule has 0 radical (unpaired) electrons. The molecule has 0 heterocycles. The molecule has 0 aromatic rings. The third kappa shape index (κ3) is 2.78. The molecule has 0 saturated carbocycles. The predicted octanol–water partition coefficient (Wildman–Crippen LogP) is 4.23. The van der Waals surface area contributed by atoms with Crippen LogP contribution in [0.2, 0.25) is 0 Å². The minimum absolute atomic E-state index is 0.187. The third-order valence-electron chi connectivity index (χ3n) is 2.18. The molecule has 0 saturated heterocycles. The molecule has 0 fully saturated rings. The topological polar surface area (TPSA) is 20.2 Å². The van der Waals surface area contributed by atoms with E-state index in [0.717, 1.165) is 0 Å². The largest absolute Gasteiger partial charge is 0.390 e. The predicted molar refractivity (Wildman–Crippen MR) is 51.3 cm³/mol. The summed E-state index contributed by atoms with van der Waals surface area (Å²) in [7, 11) is 0. The average molecular weight is 341 g/mol. The Kier molecular flexibility index (Phi) is 4.85. The molecular weight excluding hydrogens is 335 g/mol. The first-order valence-electron chi connectivity index (χ1n) is 4.28. The van der Waals surface area contributed by atoms with E-state index in [2.05, 4.69) is 29.8 Å². The van der Waals surface area contributed by atoms with E-state index < -0.39 is 34.6 Å². The summed E-state index contributed by atoms with van der Waals surface area (Å²) in [6, 6.07) is 0. The molecule has 1 nitrogen and oxygen atoms in total. The first kappa shape index (κ1) is 18.7. The van der Waals surface area contributed by atoms with E-state index in [4.69, 9.17) is 5.11 Å². The van der Waals surface area contributed by atoms with Crippen molar-refractivity contribution in [3.05, 3.63) is 12.7 Å². The van der Waals surface area contributed by atoms with Gasteiger partial charge >= 0.3 is 22.6 Å². The number of hydrogen-bond acceptors (Lipinski definition) is 1. The molecule has 0 aliphatic rings. The van der Waals surface area contributed by atoms with E-state index in [1.807, 2.05) is 0 Å². The maximum absolute atomic E-state index is 13.3. The number of hydrogen-bond donors (Lipinski definition) is 1. The summed E-state index contributed by atoms with van der Waals surface area (Å²) in [6.45, 7) is 2.67. The Morgan fingerprint density at radius 3 is 1.42 bits per heavy atom. The van der Waals surface area contributed by atoms with Crippen LogP contribution in [0.4, 0.5) is 35.1 Å². The van der Waals surface area contributed by atoms with Crippen LogP contribution in [-0.2, 0) is 0 Å². The molecule has 0 amide bonds. The van der Waals surface area contributed by atoms with Crippen molar-refractivity contribution in [1.82, 2.24) is 0 Å². The Labute approximate surface area is 111 Å². The van der Waals surface area contributed by atoms with Crippen LogP contribution in [0.1, 0.15) is 6.42 Å². The highest BCUT2D eigenvalue weighted by molar-refractivity contribution is 6.23. The second-order valence-corrected chi connectivity index (χ2v) is 4.45. The molecule has 1 N–H and O–H groups in total. The lowest BCUT2D eigenvalue weighted by atomic mass is 9.87. The van der Waals surface area contributed by atoms with Gasteiger partial charge in [0.05, 0.1) is 0 Å². The molecule has 11 heteroatoms. The van der Waals surface area contributed by atoms with Crippen LogP contribution in [0.25, 0.3) is 0 Å². The van der Waals surface area contributed by atoms with E-state index in [-0.39, 0.29) is 6.08 Å². The van der Waals surface area contributed by atoms with Gasteiger partial charge in [-0.1, -0.05) is 6.08 Å². The molecule has 19 heavy (non-hydrogen) atoms. The molecule has 0 aliphatic heterocycles. The smallest absolute Gasteiger partial charge is 0.377 e. The molecule has 1 unspecified atom stereocenters. The Hall–Kier alpha value is -0.280. The SMILES string of the molecule is C=CCC(O)(C(F)(F)Cl)C(F)(F)C(F)(F)C(F)(F)Cl. The van der Waals surface area contributed by atoms with Crippen molar-refractivity contribution in [1.29, 1.82) is 0 Å². The Morgan fingerprint density at radius 1 is 0.842 bits per heavy atom. The summed E-state index contributed by atoms with van der Waals surface area (Å²) in [5, 5.41) is -2.25. The second kappa shape index (κ2) is 4.92. The van der Waals surface area contributed by atoms with Crippen LogP contribution in [0.5, 0.6) is 0 Å². The number of aliphatic hydroxyl groups is 1. The molecule has 0 rings (SSSR count). The Balaban J connectivity index is 6.03. The van der Waals surface area contributed by atoms with Gasteiger partial charge in [0, 0.05) is 6.42 Å². The molecule has 0 spiro atoms. The first-order valence-corrected chi connectivity index (χ1v) is 5.04. The highest BCUT2D eigenvalue weighted by Crippen LogP contribution is 2.57. The van der Waals surface area contributed by atoms with Crippen LogP contribution in [0.15, 0.2) is 12.7 Å². The van der Waals surface area contributed by atoms with E-state index in [0.29, 0.717) is 0 Å². The van der Waals surface area contributed by atoms with Crippen LogP contribution >= 0.6 is 23.2 Å². The molecular formula is C8H6Cl2F8O. The molecule has 0 aliphatic carbocycles. The normalized spacial score (nSPS) is 18.1. The summed E-state index contributed by atoms with van der Waals surface area (Å²) in [5.41, 5.74) is -5.01. The lowest BCUT2D eigenvalue weighted by molar-refractivity contribution is -0.360. The van der Waals surface area contributed by atoms with Crippen LogP contribution in [-0.4, -0.2) is 33.3 Å². The van der Waals surface area contributed by atoms with Crippen LogP contribution in [0.3, 0.4) is 0 Å². The fourth-order valence-corrected chi connectivity index (χ4v) is 1.38. The fraction of sp³-hybridized carbons (Fsp3) is 0.750.